The van der Waals surface area contributed by atoms with Crippen molar-refractivity contribution >= 4 is 23.5 Å². The van der Waals surface area contributed by atoms with E-state index in [9.17, 15) is 5.11 Å². The molecule has 0 aliphatic heterocycles. The van der Waals surface area contributed by atoms with Crippen LogP contribution in [0.5, 0.6) is 5.75 Å². The van der Waals surface area contributed by atoms with Gasteiger partial charge >= 0.3 is 0 Å². The highest BCUT2D eigenvalue weighted by Crippen LogP contribution is 2.12. The summed E-state index contributed by atoms with van der Waals surface area (Å²) in [6, 6.07) is 6.90. The fourth-order valence-corrected chi connectivity index (χ4v) is 1.10. The first kappa shape index (κ1) is 12.2. The minimum absolute atomic E-state index is 0.179. The summed E-state index contributed by atoms with van der Waals surface area (Å²) in [5, 5.41) is 16.6. The lowest BCUT2D eigenvalue weighted by Crippen LogP contribution is -2.31. The second kappa shape index (κ2) is 6.58. The van der Waals surface area contributed by atoms with Gasteiger partial charge in [-0.1, -0.05) is 18.2 Å². The Balaban J connectivity index is 2.46. The van der Waals surface area contributed by atoms with E-state index in [1.807, 2.05) is 6.07 Å². The summed E-state index contributed by atoms with van der Waals surface area (Å²) < 4.78 is 0. The number of hydrogen-bond acceptors (Lipinski definition) is 3. The normalized spacial score (nSPS) is 10.0. The third-order valence-corrected chi connectivity index (χ3v) is 1.95. The fraction of sp³-hybridized carbons (Fsp3) is 0.0909. The van der Waals surface area contributed by atoms with Crippen molar-refractivity contribution in [2.24, 2.45) is 5.10 Å². The lowest BCUT2D eigenvalue weighted by Gasteiger charge is -2.03. The van der Waals surface area contributed by atoms with E-state index in [2.05, 4.69) is 22.4 Å². The molecule has 0 aliphatic carbocycles. The molecule has 0 unspecified atom stereocenters. The summed E-state index contributed by atoms with van der Waals surface area (Å²) in [5.41, 5.74) is 3.25. The van der Waals surface area contributed by atoms with Crippen LogP contribution in [0.4, 0.5) is 0 Å². The molecule has 3 N–H and O–H groups in total. The van der Waals surface area contributed by atoms with Crippen molar-refractivity contribution in [2.45, 2.75) is 0 Å². The molecule has 0 heterocycles. The van der Waals surface area contributed by atoms with Crippen LogP contribution in [0, 0.1) is 0 Å². The van der Waals surface area contributed by atoms with Crippen molar-refractivity contribution < 1.29 is 5.11 Å². The maximum Gasteiger partial charge on any atom is 0.187 e. The van der Waals surface area contributed by atoms with Crippen LogP contribution in [0.25, 0.3) is 0 Å². The van der Waals surface area contributed by atoms with Crippen LogP contribution >= 0.6 is 12.2 Å². The van der Waals surface area contributed by atoms with Crippen molar-refractivity contribution in [1.82, 2.24) is 10.7 Å². The fourth-order valence-electron chi connectivity index (χ4n) is 0.962. The van der Waals surface area contributed by atoms with Crippen molar-refractivity contribution in [3.05, 3.63) is 42.5 Å². The van der Waals surface area contributed by atoms with Gasteiger partial charge in [-0.2, -0.15) is 5.10 Å². The van der Waals surface area contributed by atoms with Gasteiger partial charge in [-0.3, -0.25) is 5.43 Å². The number of thiocarbonyl (C=S) groups is 1. The number of nitrogens with zero attached hydrogens (tertiary/aromatic N) is 1. The average Bonchev–Trinajstić information content (AvgIpc) is 2.29. The van der Waals surface area contributed by atoms with Crippen LogP contribution in [0.2, 0.25) is 0 Å². The average molecular weight is 235 g/mol. The Morgan fingerprint density at radius 3 is 2.94 bits per heavy atom. The summed E-state index contributed by atoms with van der Waals surface area (Å²) in [7, 11) is 0. The molecule has 5 heteroatoms. The van der Waals surface area contributed by atoms with Crippen LogP contribution in [-0.2, 0) is 0 Å². The van der Waals surface area contributed by atoms with Crippen molar-refractivity contribution in [2.75, 3.05) is 6.54 Å². The largest absolute Gasteiger partial charge is 0.507 e. The Labute approximate surface area is 99.7 Å². The zero-order chi connectivity index (χ0) is 11.8. The number of aromatic hydroxyl groups is 1. The van der Waals surface area contributed by atoms with Crippen LogP contribution in [0.1, 0.15) is 5.56 Å². The highest BCUT2D eigenvalue weighted by molar-refractivity contribution is 7.80. The van der Waals surface area contributed by atoms with Crippen LogP contribution in [0.3, 0.4) is 0 Å². The monoisotopic (exact) mass is 235 g/mol. The Bertz CT molecular complexity index is 404. The summed E-state index contributed by atoms with van der Waals surface area (Å²) in [4.78, 5) is 0. The Hall–Kier alpha value is -1.88. The van der Waals surface area contributed by atoms with E-state index < -0.39 is 0 Å². The van der Waals surface area contributed by atoms with E-state index in [1.54, 1.807) is 24.3 Å². The zero-order valence-electron chi connectivity index (χ0n) is 8.68. The molecule has 0 radical (unpaired) electrons. The number of phenolic OH excluding ortho intramolecular Hbond substituents is 1. The first-order chi connectivity index (χ1) is 7.74. The van der Waals surface area contributed by atoms with Crippen LogP contribution in [0.15, 0.2) is 42.0 Å². The lowest BCUT2D eigenvalue weighted by atomic mass is 10.2. The molecule has 0 atom stereocenters. The summed E-state index contributed by atoms with van der Waals surface area (Å²) in [6.45, 7) is 4.13. The van der Waals surface area contributed by atoms with E-state index >= 15 is 0 Å². The molecule has 0 fully saturated rings. The van der Waals surface area contributed by atoms with Gasteiger partial charge in [-0.05, 0) is 24.4 Å². The smallest absolute Gasteiger partial charge is 0.187 e. The molecule has 16 heavy (non-hydrogen) atoms. The molecule has 0 saturated carbocycles. The number of nitrogens with one attached hydrogen (secondary N) is 2. The zero-order valence-corrected chi connectivity index (χ0v) is 9.50. The van der Waals surface area contributed by atoms with Gasteiger partial charge in [0.2, 0.25) is 0 Å². The van der Waals surface area contributed by atoms with Gasteiger partial charge < -0.3 is 10.4 Å². The molecular formula is C11H13N3OS. The van der Waals surface area contributed by atoms with E-state index in [4.69, 9.17) is 12.2 Å². The van der Waals surface area contributed by atoms with Crippen molar-refractivity contribution in [1.29, 1.82) is 0 Å². The maximum absolute atomic E-state index is 9.44. The number of benzene rings is 1. The molecule has 0 saturated heterocycles. The van der Waals surface area contributed by atoms with E-state index in [1.165, 1.54) is 6.21 Å². The van der Waals surface area contributed by atoms with E-state index in [-0.39, 0.29) is 5.75 Å². The van der Waals surface area contributed by atoms with E-state index in [0.717, 1.165) is 0 Å². The van der Waals surface area contributed by atoms with Gasteiger partial charge in [0.15, 0.2) is 5.11 Å². The lowest BCUT2D eigenvalue weighted by molar-refractivity contribution is 0.474. The molecule has 1 aromatic rings. The van der Waals surface area contributed by atoms with Crippen molar-refractivity contribution in [3.63, 3.8) is 0 Å². The summed E-state index contributed by atoms with van der Waals surface area (Å²) in [6.07, 6.45) is 3.19. The molecule has 0 spiro atoms. The molecule has 4 nitrogen and oxygen atoms in total. The summed E-state index contributed by atoms with van der Waals surface area (Å²) >= 11 is 4.92. The number of hydrazone groups is 1. The third kappa shape index (κ3) is 4.10. The van der Waals surface area contributed by atoms with Gasteiger partial charge in [0, 0.05) is 12.1 Å². The van der Waals surface area contributed by atoms with Crippen LogP contribution in [-0.4, -0.2) is 23.0 Å². The minimum atomic E-state index is 0.179. The minimum Gasteiger partial charge on any atom is -0.507 e. The van der Waals surface area contributed by atoms with Gasteiger partial charge in [0.05, 0.1) is 6.21 Å². The highest BCUT2D eigenvalue weighted by Gasteiger charge is 1.94. The molecule has 0 bridgehead atoms. The number of hydrogen-bond donors (Lipinski definition) is 3. The third-order valence-electron chi connectivity index (χ3n) is 1.71. The summed E-state index contributed by atoms with van der Waals surface area (Å²) in [5.74, 6) is 0.179. The first-order valence-corrected chi connectivity index (χ1v) is 5.10. The molecule has 0 amide bonds. The molecule has 84 valence electrons. The Morgan fingerprint density at radius 2 is 2.25 bits per heavy atom. The highest BCUT2D eigenvalue weighted by atomic mass is 32.1. The second-order valence-corrected chi connectivity index (χ2v) is 3.34. The Kier molecular flexibility index (Phi) is 5.01. The number of phenols is 1. The van der Waals surface area contributed by atoms with Gasteiger partial charge in [0.25, 0.3) is 0 Å². The number of rotatable bonds is 4. The molecule has 1 aromatic carbocycles. The topological polar surface area (TPSA) is 56.7 Å². The first-order valence-electron chi connectivity index (χ1n) is 4.70. The predicted molar refractivity (Wildman–Crippen MR) is 69.6 cm³/mol. The predicted octanol–water partition coefficient (Wildman–Crippen LogP) is 1.38. The molecule has 0 aromatic heterocycles. The quantitative estimate of drug-likeness (QED) is 0.319. The maximum atomic E-state index is 9.44. The van der Waals surface area contributed by atoms with Crippen molar-refractivity contribution in [3.8, 4) is 5.75 Å². The standard InChI is InChI=1S/C11H13N3OS/c1-2-7-12-11(16)14-13-8-9-5-3-4-6-10(9)15/h2-6,8,15H,1,7H2,(H2,12,14,16). The van der Waals surface area contributed by atoms with Crippen LogP contribution < -0.4 is 10.7 Å². The molecule has 0 aliphatic rings. The molecule has 1 rings (SSSR count). The van der Waals surface area contributed by atoms with E-state index in [0.29, 0.717) is 17.2 Å². The molecular weight excluding hydrogens is 222 g/mol. The van der Waals surface area contributed by atoms with Gasteiger partial charge in [-0.15, -0.1) is 6.58 Å². The van der Waals surface area contributed by atoms with Gasteiger partial charge in [-0.25, -0.2) is 0 Å². The number of para-hydroxylation sites is 1. The van der Waals surface area contributed by atoms with Gasteiger partial charge in [0.1, 0.15) is 5.75 Å². The Morgan fingerprint density at radius 1 is 1.50 bits per heavy atom. The SMILES string of the molecule is C=CCNC(=S)NN=Cc1ccccc1O. The second-order valence-electron chi connectivity index (χ2n) is 2.93.